The molecule has 0 bridgehead atoms. The van der Waals surface area contributed by atoms with Gasteiger partial charge in [0.1, 0.15) is 12.1 Å². The molecule has 0 fully saturated rings. The number of fused-ring (bicyclic) bond motifs is 2. The smallest absolute Gasteiger partial charge is 0.191 e. The zero-order valence-corrected chi connectivity index (χ0v) is 13.5. The van der Waals surface area contributed by atoms with Crippen LogP contribution >= 0.6 is 11.6 Å². The molecule has 0 spiro atoms. The Morgan fingerprint density at radius 2 is 2.00 bits per heavy atom. The number of halogens is 1. The molecule has 0 saturated carbocycles. The first-order valence-corrected chi connectivity index (χ1v) is 7.90. The molecular weight excluding hydrogens is 324 g/mol. The van der Waals surface area contributed by atoms with Gasteiger partial charge in [0.2, 0.25) is 0 Å². The van der Waals surface area contributed by atoms with Gasteiger partial charge in [0.15, 0.2) is 5.96 Å². The second-order valence-corrected chi connectivity index (χ2v) is 6.05. The van der Waals surface area contributed by atoms with Crippen LogP contribution in [0, 0.1) is 0 Å². The molecule has 0 amide bonds. The zero-order valence-electron chi connectivity index (χ0n) is 12.8. The third-order valence-corrected chi connectivity index (χ3v) is 4.29. The molecule has 0 radical (unpaired) electrons. The number of anilines is 2. The lowest BCUT2D eigenvalue weighted by Crippen LogP contribution is -2.21. The monoisotopic (exact) mass is 338 g/mol. The van der Waals surface area contributed by atoms with Crippen molar-refractivity contribution in [3.63, 3.8) is 0 Å². The Labute approximate surface area is 143 Å². The van der Waals surface area contributed by atoms with E-state index < -0.39 is 0 Å². The van der Waals surface area contributed by atoms with Gasteiger partial charge in [-0.3, -0.25) is 0 Å². The third-order valence-electron chi connectivity index (χ3n) is 4.05. The molecular formula is C17H15ClN6. The van der Waals surface area contributed by atoms with E-state index in [0.29, 0.717) is 10.7 Å². The minimum Gasteiger partial charge on any atom is -0.370 e. The summed E-state index contributed by atoms with van der Waals surface area (Å²) in [7, 11) is 0. The topological polar surface area (TPSA) is 93.4 Å². The van der Waals surface area contributed by atoms with Crippen molar-refractivity contribution in [3.05, 3.63) is 53.3 Å². The first-order chi connectivity index (χ1) is 11.6. The van der Waals surface area contributed by atoms with Crippen LogP contribution in [0.15, 0.2) is 47.7 Å². The van der Waals surface area contributed by atoms with Crippen LogP contribution in [0.2, 0.25) is 5.02 Å². The lowest BCUT2D eigenvalue weighted by Gasteiger charge is -2.20. The maximum absolute atomic E-state index is 6.17. The van der Waals surface area contributed by atoms with E-state index in [1.807, 2.05) is 30.3 Å². The summed E-state index contributed by atoms with van der Waals surface area (Å²) in [6.45, 7) is 0.842. The highest BCUT2D eigenvalue weighted by Crippen LogP contribution is 2.38. The van der Waals surface area contributed by atoms with Crippen molar-refractivity contribution in [3.8, 4) is 0 Å². The molecule has 1 aromatic heterocycles. The highest BCUT2D eigenvalue weighted by molar-refractivity contribution is 6.31. The lowest BCUT2D eigenvalue weighted by atomic mass is 10.1. The van der Waals surface area contributed by atoms with Crippen molar-refractivity contribution >= 4 is 45.7 Å². The number of hydrogen-bond donors (Lipinski definition) is 2. The Kier molecular flexibility index (Phi) is 3.46. The molecule has 6 nitrogen and oxygen atoms in total. The summed E-state index contributed by atoms with van der Waals surface area (Å²) < 4.78 is 0. The zero-order chi connectivity index (χ0) is 16.7. The molecule has 1 aliphatic heterocycles. The summed E-state index contributed by atoms with van der Waals surface area (Å²) in [5.74, 6) is 0.847. The van der Waals surface area contributed by atoms with Gasteiger partial charge in [0, 0.05) is 22.6 Å². The van der Waals surface area contributed by atoms with E-state index in [2.05, 4.69) is 25.9 Å². The van der Waals surface area contributed by atoms with Crippen LogP contribution in [0.3, 0.4) is 0 Å². The standard InChI is InChI=1S/C17H15ClN6/c18-11-2-1-10-5-6-24(15(10)7-11)16-13-8-12(23-17(19)20)3-4-14(13)21-9-22-16/h1-4,7-9H,5-6H2,(H4,19,20,23). The van der Waals surface area contributed by atoms with Crippen LogP contribution in [0.5, 0.6) is 0 Å². The predicted octanol–water partition coefficient (Wildman–Crippen LogP) is 2.88. The second-order valence-electron chi connectivity index (χ2n) is 5.61. The summed E-state index contributed by atoms with van der Waals surface area (Å²) >= 11 is 6.17. The van der Waals surface area contributed by atoms with Crippen LogP contribution < -0.4 is 16.4 Å². The van der Waals surface area contributed by atoms with E-state index in [-0.39, 0.29) is 5.96 Å². The molecule has 2 aromatic carbocycles. The fourth-order valence-electron chi connectivity index (χ4n) is 3.04. The average molecular weight is 339 g/mol. The Morgan fingerprint density at radius 3 is 2.83 bits per heavy atom. The van der Waals surface area contributed by atoms with Gasteiger partial charge in [0.25, 0.3) is 0 Å². The van der Waals surface area contributed by atoms with E-state index in [4.69, 9.17) is 23.1 Å². The van der Waals surface area contributed by atoms with E-state index in [1.165, 1.54) is 5.56 Å². The van der Waals surface area contributed by atoms with E-state index in [0.717, 1.165) is 35.4 Å². The fraction of sp³-hybridized carbons (Fsp3) is 0.118. The molecule has 0 aliphatic carbocycles. The molecule has 4 rings (SSSR count). The second kappa shape index (κ2) is 5.65. The van der Waals surface area contributed by atoms with Gasteiger partial charge < -0.3 is 16.4 Å². The van der Waals surface area contributed by atoms with Crippen molar-refractivity contribution < 1.29 is 0 Å². The van der Waals surface area contributed by atoms with Gasteiger partial charge in [-0.05, 0) is 42.3 Å². The highest BCUT2D eigenvalue weighted by Gasteiger charge is 2.23. The number of rotatable bonds is 2. The molecule has 2 heterocycles. The fourth-order valence-corrected chi connectivity index (χ4v) is 3.20. The van der Waals surface area contributed by atoms with Crippen molar-refractivity contribution in [2.24, 2.45) is 16.5 Å². The van der Waals surface area contributed by atoms with Crippen LogP contribution in [0.4, 0.5) is 17.2 Å². The number of nitrogens with zero attached hydrogens (tertiary/aromatic N) is 4. The van der Waals surface area contributed by atoms with Gasteiger partial charge in [-0.2, -0.15) is 0 Å². The Balaban J connectivity index is 1.89. The van der Waals surface area contributed by atoms with Gasteiger partial charge in [-0.1, -0.05) is 17.7 Å². The molecule has 24 heavy (non-hydrogen) atoms. The van der Waals surface area contributed by atoms with Crippen molar-refractivity contribution in [2.75, 3.05) is 11.4 Å². The third kappa shape index (κ3) is 2.51. The summed E-state index contributed by atoms with van der Waals surface area (Å²) in [6, 6.07) is 11.6. The molecule has 1 aliphatic rings. The normalized spacial score (nSPS) is 13.1. The summed E-state index contributed by atoms with van der Waals surface area (Å²) in [6.07, 6.45) is 2.52. The Hall–Kier alpha value is -2.86. The maximum atomic E-state index is 6.17. The summed E-state index contributed by atoms with van der Waals surface area (Å²) in [5, 5.41) is 1.60. The Morgan fingerprint density at radius 1 is 1.12 bits per heavy atom. The first-order valence-electron chi connectivity index (χ1n) is 7.52. The number of benzene rings is 2. The summed E-state index contributed by atoms with van der Waals surface area (Å²) in [5.41, 5.74) is 14.8. The maximum Gasteiger partial charge on any atom is 0.191 e. The van der Waals surface area contributed by atoms with Gasteiger partial charge in [-0.25, -0.2) is 15.0 Å². The average Bonchev–Trinajstić information content (AvgIpc) is 2.96. The Bertz CT molecular complexity index is 964. The SMILES string of the molecule is NC(N)=Nc1ccc2ncnc(N3CCc4ccc(Cl)cc43)c2c1. The minimum absolute atomic E-state index is 0.0195. The predicted molar refractivity (Wildman–Crippen MR) is 97.2 cm³/mol. The van der Waals surface area contributed by atoms with Crippen LogP contribution in [-0.2, 0) is 6.42 Å². The van der Waals surface area contributed by atoms with E-state index >= 15 is 0 Å². The summed E-state index contributed by atoms with van der Waals surface area (Å²) in [4.78, 5) is 15.1. The molecule has 0 unspecified atom stereocenters. The highest BCUT2D eigenvalue weighted by atomic mass is 35.5. The number of nitrogens with two attached hydrogens (primary N) is 2. The molecule has 3 aromatic rings. The number of guanidine groups is 1. The number of aromatic nitrogens is 2. The molecule has 0 saturated heterocycles. The molecule has 4 N–H and O–H groups in total. The molecule has 7 heteroatoms. The van der Waals surface area contributed by atoms with Crippen LogP contribution in [0.25, 0.3) is 10.9 Å². The quantitative estimate of drug-likeness (QED) is 0.553. The van der Waals surface area contributed by atoms with Crippen molar-refractivity contribution in [2.45, 2.75) is 6.42 Å². The van der Waals surface area contributed by atoms with Gasteiger partial charge in [-0.15, -0.1) is 0 Å². The first kappa shape index (κ1) is 14.7. The lowest BCUT2D eigenvalue weighted by molar-refractivity contribution is 0.975. The number of hydrogen-bond acceptors (Lipinski definition) is 4. The molecule has 0 atom stereocenters. The minimum atomic E-state index is 0.0195. The van der Waals surface area contributed by atoms with Crippen molar-refractivity contribution in [1.29, 1.82) is 0 Å². The van der Waals surface area contributed by atoms with E-state index in [1.54, 1.807) is 6.33 Å². The number of aliphatic imine (C=N–C) groups is 1. The van der Waals surface area contributed by atoms with E-state index in [9.17, 15) is 0 Å². The molecule has 120 valence electrons. The van der Waals surface area contributed by atoms with Crippen LogP contribution in [-0.4, -0.2) is 22.5 Å². The van der Waals surface area contributed by atoms with Gasteiger partial charge in [0.05, 0.1) is 11.2 Å². The van der Waals surface area contributed by atoms with Gasteiger partial charge >= 0.3 is 0 Å². The van der Waals surface area contributed by atoms with Crippen molar-refractivity contribution in [1.82, 2.24) is 9.97 Å². The largest absolute Gasteiger partial charge is 0.370 e. The van der Waals surface area contributed by atoms with Crippen LogP contribution in [0.1, 0.15) is 5.56 Å².